The van der Waals surface area contributed by atoms with Crippen molar-refractivity contribution in [1.29, 1.82) is 0 Å². The molecule has 1 atom stereocenters. The molecule has 16 heavy (non-hydrogen) atoms. The average molecular weight is 223 g/mol. The van der Waals surface area contributed by atoms with Gasteiger partial charge in [-0.25, -0.2) is 4.98 Å². The Labute approximate surface area is 97.4 Å². The fourth-order valence-electron chi connectivity index (χ4n) is 1.34. The highest BCUT2D eigenvalue weighted by molar-refractivity contribution is 5.52. The Balaban J connectivity index is 2.84. The number of rotatable bonds is 6. The van der Waals surface area contributed by atoms with Crippen molar-refractivity contribution in [3.05, 3.63) is 18.3 Å². The number of hydrogen-bond acceptors (Lipinski definition) is 4. The second-order valence-electron chi connectivity index (χ2n) is 3.87. The fourth-order valence-corrected chi connectivity index (χ4v) is 1.34. The molecule has 0 amide bonds. The highest BCUT2D eigenvalue weighted by Gasteiger charge is 2.14. The van der Waals surface area contributed by atoms with Crippen molar-refractivity contribution in [3.8, 4) is 5.75 Å². The Morgan fingerprint density at radius 1 is 1.56 bits per heavy atom. The van der Waals surface area contributed by atoms with E-state index in [4.69, 9.17) is 10.5 Å². The van der Waals surface area contributed by atoms with Crippen LogP contribution in [0.25, 0.3) is 0 Å². The number of pyridine rings is 1. The number of nitrogens with zero attached hydrogens (tertiary/aromatic N) is 2. The van der Waals surface area contributed by atoms with E-state index in [0.29, 0.717) is 13.2 Å². The Morgan fingerprint density at radius 2 is 2.31 bits per heavy atom. The molecule has 2 N–H and O–H groups in total. The van der Waals surface area contributed by atoms with E-state index in [1.165, 1.54) is 0 Å². The molecule has 0 aliphatic rings. The van der Waals surface area contributed by atoms with E-state index >= 15 is 0 Å². The average Bonchev–Trinajstić information content (AvgIpc) is 2.34. The molecule has 0 aliphatic carbocycles. The van der Waals surface area contributed by atoms with Crippen LogP contribution >= 0.6 is 0 Å². The number of aromatic nitrogens is 1. The first-order chi connectivity index (χ1) is 7.70. The summed E-state index contributed by atoms with van der Waals surface area (Å²) in [6.07, 6.45) is 2.76. The minimum Gasteiger partial charge on any atom is -0.490 e. The molecule has 0 aliphatic heterocycles. The lowest BCUT2D eigenvalue weighted by Crippen LogP contribution is -2.36. The molecule has 0 aromatic carbocycles. The molecular formula is C12H21N3O. The molecule has 0 spiro atoms. The largest absolute Gasteiger partial charge is 0.490 e. The topological polar surface area (TPSA) is 51.4 Å². The van der Waals surface area contributed by atoms with Crippen LogP contribution in [-0.2, 0) is 0 Å². The monoisotopic (exact) mass is 223 g/mol. The molecule has 0 saturated heterocycles. The zero-order valence-electron chi connectivity index (χ0n) is 10.3. The van der Waals surface area contributed by atoms with Gasteiger partial charge in [-0.05, 0) is 25.5 Å². The normalized spacial score (nSPS) is 12.2. The van der Waals surface area contributed by atoms with Crippen molar-refractivity contribution in [3.63, 3.8) is 0 Å². The standard InChI is InChI=1S/C12H21N3O/c1-4-8-16-11-6-5-7-14-12(11)15(3)10(2)9-13/h5-7,10H,4,8-9,13H2,1-3H3. The predicted octanol–water partition coefficient (Wildman–Crippen LogP) is 1.65. The highest BCUT2D eigenvalue weighted by atomic mass is 16.5. The molecule has 4 heteroatoms. The van der Waals surface area contributed by atoms with Crippen LogP contribution < -0.4 is 15.4 Å². The maximum atomic E-state index is 5.66. The molecule has 0 saturated carbocycles. The lowest BCUT2D eigenvalue weighted by Gasteiger charge is -2.26. The van der Waals surface area contributed by atoms with Gasteiger partial charge in [-0.3, -0.25) is 0 Å². The first-order valence-electron chi connectivity index (χ1n) is 5.71. The second kappa shape index (κ2) is 6.33. The molecular weight excluding hydrogens is 202 g/mol. The van der Waals surface area contributed by atoms with Gasteiger partial charge in [0.1, 0.15) is 0 Å². The Morgan fingerprint density at radius 3 is 2.94 bits per heavy atom. The molecule has 1 aromatic rings. The van der Waals surface area contributed by atoms with E-state index in [9.17, 15) is 0 Å². The van der Waals surface area contributed by atoms with Gasteiger partial charge in [0, 0.05) is 25.8 Å². The third-order valence-electron chi connectivity index (χ3n) is 2.55. The van der Waals surface area contributed by atoms with Crippen molar-refractivity contribution in [2.45, 2.75) is 26.3 Å². The third-order valence-corrected chi connectivity index (χ3v) is 2.55. The molecule has 90 valence electrons. The zero-order valence-corrected chi connectivity index (χ0v) is 10.3. The van der Waals surface area contributed by atoms with Gasteiger partial charge in [-0.2, -0.15) is 0 Å². The number of likely N-dealkylation sites (N-methyl/N-ethyl adjacent to an activating group) is 1. The number of ether oxygens (including phenoxy) is 1. The summed E-state index contributed by atoms with van der Waals surface area (Å²) >= 11 is 0. The second-order valence-corrected chi connectivity index (χ2v) is 3.87. The van der Waals surface area contributed by atoms with E-state index < -0.39 is 0 Å². The van der Waals surface area contributed by atoms with Crippen LogP contribution in [0.1, 0.15) is 20.3 Å². The Bertz CT molecular complexity index is 317. The first-order valence-corrected chi connectivity index (χ1v) is 5.71. The molecule has 1 rings (SSSR count). The highest BCUT2D eigenvalue weighted by Crippen LogP contribution is 2.25. The lowest BCUT2D eigenvalue weighted by atomic mass is 10.3. The van der Waals surface area contributed by atoms with Gasteiger partial charge in [0.15, 0.2) is 11.6 Å². The molecule has 1 heterocycles. The van der Waals surface area contributed by atoms with Crippen LogP contribution in [0.4, 0.5) is 5.82 Å². The molecule has 0 fully saturated rings. The zero-order chi connectivity index (χ0) is 12.0. The van der Waals surface area contributed by atoms with Gasteiger partial charge in [0.2, 0.25) is 0 Å². The maximum absolute atomic E-state index is 5.66. The smallest absolute Gasteiger partial charge is 0.171 e. The fraction of sp³-hybridized carbons (Fsp3) is 0.583. The van der Waals surface area contributed by atoms with Gasteiger partial charge < -0.3 is 15.4 Å². The SMILES string of the molecule is CCCOc1cccnc1N(C)C(C)CN. The van der Waals surface area contributed by atoms with Crippen LogP contribution in [0.15, 0.2) is 18.3 Å². The van der Waals surface area contributed by atoms with E-state index in [-0.39, 0.29) is 6.04 Å². The van der Waals surface area contributed by atoms with Gasteiger partial charge in [0.05, 0.1) is 6.61 Å². The van der Waals surface area contributed by atoms with E-state index in [1.807, 2.05) is 24.1 Å². The van der Waals surface area contributed by atoms with E-state index in [0.717, 1.165) is 18.0 Å². The summed E-state index contributed by atoms with van der Waals surface area (Å²) in [6.45, 7) is 5.46. The van der Waals surface area contributed by atoms with E-state index in [2.05, 4.69) is 18.8 Å². The van der Waals surface area contributed by atoms with Crippen molar-refractivity contribution in [2.24, 2.45) is 5.73 Å². The third kappa shape index (κ3) is 3.10. The number of hydrogen-bond donors (Lipinski definition) is 1. The van der Waals surface area contributed by atoms with Crippen molar-refractivity contribution >= 4 is 5.82 Å². The Kier molecular flexibility index (Phi) is 5.05. The van der Waals surface area contributed by atoms with Crippen LogP contribution in [0.2, 0.25) is 0 Å². The molecule has 1 unspecified atom stereocenters. The molecule has 0 bridgehead atoms. The quantitative estimate of drug-likeness (QED) is 0.796. The molecule has 4 nitrogen and oxygen atoms in total. The predicted molar refractivity (Wildman–Crippen MR) is 66.9 cm³/mol. The maximum Gasteiger partial charge on any atom is 0.171 e. The molecule has 0 radical (unpaired) electrons. The summed E-state index contributed by atoms with van der Waals surface area (Å²) in [5, 5.41) is 0. The van der Waals surface area contributed by atoms with Gasteiger partial charge >= 0.3 is 0 Å². The van der Waals surface area contributed by atoms with Gasteiger partial charge in [-0.1, -0.05) is 6.92 Å². The van der Waals surface area contributed by atoms with Gasteiger partial charge in [-0.15, -0.1) is 0 Å². The van der Waals surface area contributed by atoms with Crippen LogP contribution in [0.3, 0.4) is 0 Å². The minimum atomic E-state index is 0.249. The summed E-state index contributed by atoms with van der Waals surface area (Å²) in [5.41, 5.74) is 5.65. The van der Waals surface area contributed by atoms with Crippen molar-refractivity contribution in [2.75, 3.05) is 25.1 Å². The summed E-state index contributed by atoms with van der Waals surface area (Å²) < 4.78 is 5.66. The van der Waals surface area contributed by atoms with Crippen molar-refractivity contribution < 1.29 is 4.74 Å². The van der Waals surface area contributed by atoms with E-state index in [1.54, 1.807) is 6.20 Å². The van der Waals surface area contributed by atoms with Crippen molar-refractivity contribution in [1.82, 2.24) is 4.98 Å². The number of anilines is 1. The van der Waals surface area contributed by atoms with Crippen LogP contribution in [-0.4, -0.2) is 31.2 Å². The minimum absolute atomic E-state index is 0.249. The summed E-state index contributed by atoms with van der Waals surface area (Å²) in [6, 6.07) is 4.08. The summed E-state index contributed by atoms with van der Waals surface area (Å²) in [5.74, 6) is 1.68. The molecule has 1 aromatic heterocycles. The summed E-state index contributed by atoms with van der Waals surface area (Å²) in [7, 11) is 1.98. The lowest BCUT2D eigenvalue weighted by molar-refractivity contribution is 0.316. The Hall–Kier alpha value is -1.29. The first kappa shape index (κ1) is 12.8. The summed E-state index contributed by atoms with van der Waals surface area (Å²) in [4.78, 5) is 6.39. The number of nitrogens with two attached hydrogens (primary N) is 1. The van der Waals surface area contributed by atoms with Crippen LogP contribution in [0, 0.1) is 0 Å². The van der Waals surface area contributed by atoms with Crippen LogP contribution in [0.5, 0.6) is 5.75 Å². The van der Waals surface area contributed by atoms with Gasteiger partial charge in [0.25, 0.3) is 0 Å².